The van der Waals surface area contributed by atoms with E-state index >= 15 is 0 Å². The number of thiazole rings is 1. The Bertz CT molecular complexity index is 650. The number of carbonyl (C=O) groups is 1. The van der Waals surface area contributed by atoms with Crippen LogP contribution in [0, 0.1) is 11.3 Å². The van der Waals surface area contributed by atoms with Crippen LogP contribution >= 0.6 is 11.3 Å². The zero-order valence-corrected chi connectivity index (χ0v) is 11.1. The van der Waals surface area contributed by atoms with Gasteiger partial charge in [-0.2, -0.15) is 5.26 Å². The van der Waals surface area contributed by atoms with Crippen molar-refractivity contribution in [3.05, 3.63) is 51.5 Å². The van der Waals surface area contributed by atoms with Crippen LogP contribution in [0.1, 0.15) is 25.8 Å². The average molecular weight is 269 g/mol. The van der Waals surface area contributed by atoms with Gasteiger partial charge in [-0.3, -0.25) is 4.79 Å². The highest BCUT2D eigenvalue weighted by Crippen LogP contribution is 2.16. The Hall–Kier alpha value is -2.45. The topological polar surface area (TPSA) is 65.8 Å². The summed E-state index contributed by atoms with van der Waals surface area (Å²) in [6, 6.07) is 9.32. The van der Waals surface area contributed by atoms with Crippen molar-refractivity contribution in [2.45, 2.75) is 0 Å². The van der Waals surface area contributed by atoms with Gasteiger partial charge >= 0.3 is 0 Å². The number of benzene rings is 1. The minimum atomic E-state index is -0.129. The van der Waals surface area contributed by atoms with Crippen molar-refractivity contribution in [3.8, 4) is 6.07 Å². The first-order valence-electron chi connectivity index (χ1n) is 5.59. The number of nitriles is 1. The van der Waals surface area contributed by atoms with Gasteiger partial charge < -0.3 is 5.32 Å². The van der Waals surface area contributed by atoms with Gasteiger partial charge in [0.05, 0.1) is 17.8 Å². The fourth-order valence-corrected chi connectivity index (χ4v) is 2.20. The van der Waals surface area contributed by atoms with Gasteiger partial charge in [-0.05, 0) is 23.8 Å². The van der Waals surface area contributed by atoms with Crippen LogP contribution in [0.15, 0.2) is 30.5 Å². The molecule has 1 amide bonds. The highest BCUT2D eigenvalue weighted by Gasteiger charge is 2.06. The second-order valence-corrected chi connectivity index (χ2v) is 4.77. The highest BCUT2D eigenvalue weighted by atomic mass is 32.1. The van der Waals surface area contributed by atoms with E-state index in [0.717, 1.165) is 10.6 Å². The third-order valence-electron chi connectivity index (χ3n) is 2.43. The molecule has 0 atom stereocenters. The first-order valence-corrected chi connectivity index (χ1v) is 6.41. The Balaban J connectivity index is 2.11. The van der Waals surface area contributed by atoms with E-state index < -0.39 is 0 Å². The fourth-order valence-electron chi connectivity index (χ4n) is 1.43. The van der Waals surface area contributed by atoms with Crippen LogP contribution in [-0.2, 0) is 0 Å². The van der Waals surface area contributed by atoms with Gasteiger partial charge in [-0.1, -0.05) is 18.2 Å². The maximum Gasteiger partial charge on any atom is 0.262 e. The Morgan fingerprint density at radius 2 is 2.11 bits per heavy atom. The monoisotopic (exact) mass is 269 g/mol. The standard InChI is InChI=1S/C14H11N3OS/c1-16-14(18)12-9-17-13(19-12)7-6-10-2-4-11(8-15)5-3-10/h2-7,9H,1H3,(H,16,18). The molecular weight excluding hydrogens is 258 g/mol. The van der Waals surface area contributed by atoms with E-state index in [-0.39, 0.29) is 5.91 Å². The SMILES string of the molecule is CNC(=O)c1cnc(C=Cc2ccc(C#N)cc2)s1. The third kappa shape index (κ3) is 3.27. The fraction of sp³-hybridized carbons (Fsp3) is 0.0714. The van der Waals surface area contributed by atoms with E-state index in [2.05, 4.69) is 16.4 Å². The number of hydrogen-bond donors (Lipinski definition) is 1. The predicted octanol–water partition coefficient (Wildman–Crippen LogP) is 2.54. The molecule has 0 spiro atoms. The molecule has 0 aliphatic heterocycles. The molecule has 1 aromatic heterocycles. The van der Waals surface area contributed by atoms with Crippen molar-refractivity contribution < 1.29 is 4.79 Å². The summed E-state index contributed by atoms with van der Waals surface area (Å²) in [5, 5.41) is 12.0. The van der Waals surface area contributed by atoms with Crippen LogP contribution in [0.4, 0.5) is 0 Å². The molecule has 1 N–H and O–H groups in total. The molecule has 4 nitrogen and oxygen atoms in total. The molecule has 0 bridgehead atoms. The number of nitrogens with one attached hydrogen (secondary N) is 1. The van der Waals surface area contributed by atoms with Crippen molar-refractivity contribution in [1.29, 1.82) is 5.26 Å². The quantitative estimate of drug-likeness (QED) is 0.931. The summed E-state index contributed by atoms with van der Waals surface area (Å²) in [7, 11) is 1.59. The molecule has 0 saturated carbocycles. The minimum absolute atomic E-state index is 0.129. The van der Waals surface area contributed by atoms with Crippen LogP contribution < -0.4 is 5.32 Å². The van der Waals surface area contributed by atoms with Gasteiger partial charge in [0.1, 0.15) is 9.88 Å². The molecular formula is C14H11N3OS. The van der Waals surface area contributed by atoms with E-state index in [1.165, 1.54) is 11.3 Å². The number of hydrogen-bond acceptors (Lipinski definition) is 4. The first kappa shape index (κ1) is 13.0. The lowest BCUT2D eigenvalue weighted by Crippen LogP contribution is -2.16. The van der Waals surface area contributed by atoms with Gasteiger partial charge in [-0.15, -0.1) is 11.3 Å². The van der Waals surface area contributed by atoms with E-state index in [9.17, 15) is 4.79 Å². The van der Waals surface area contributed by atoms with Crippen molar-refractivity contribution >= 4 is 29.4 Å². The molecule has 19 heavy (non-hydrogen) atoms. The van der Waals surface area contributed by atoms with Crippen LogP contribution in [-0.4, -0.2) is 17.9 Å². The molecule has 0 radical (unpaired) electrons. The van der Waals surface area contributed by atoms with Crippen LogP contribution in [0.5, 0.6) is 0 Å². The third-order valence-corrected chi connectivity index (χ3v) is 3.39. The largest absolute Gasteiger partial charge is 0.354 e. The van der Waals surface area contributed by atoms with Crippen molar-refractivity contribution in [1.82, 2.24) is 10.3 Å². The Morgan fingerprint density at radius 1 is 1.37 bits per heavy atom. The summed E-state index contributed by atoms with van der Waals surface area (Å²) in [4.78, 5) is 16.1. The number of aromatic nitrogens is 1. The summed E-state index contributed by atoms with van der Waals surface area (Å²) in [5.41, 5.74) is 1.61. The second-order valence-electron chi connectivity index (χ2n) is 3.71. The molecule has 1 heterocycles. The van der Waals surface area contributed by atoms with Crippen LogP contribution in [0.3, 0.4) is 0 Å². The molecule has 94 valence electrons. The molecule has 5 heteroatoms. The van der Waals surface area contributed by atoms with Crippen LogP contribution in [0.25, 0.3) is 12.2 Å². The summed E-state index contributed by atoms with van der Waals surface area (Å²) in [6.45, 7) is 0. The lowest BCUT2D eigenvalue weighted by atomic mass is 10.1. The van der Waals surface area contributed by atoms with Gasteiger partial charge in [0.25, 0.3) is 5.91 Å². The molecule has 0 aliphatic carbocycles. The Morgan fingerprint density at radius 3 is 2.74 bits per heavy atom. The van der Waals surface area contributed by atoms with Crippen molar-refractivity contribution in [3.63, 3.8) is 0 Å². The average Bonchev–Trinajstić information content (AvgIpc) is 2.93. The summed E-state index contributed by atoms with van der Waals surface area (Å²) >= 11 is 1.33. The van der Waals surface area contributed by atoms with Crippen molar-refractivity contribution in [2.24, 2.45) is 0 Å². The number of carbonyl (C=O) groups excluding carboxylic acids is 1. The number of rotatable bonds is 3. The molecule has 2 rings (SSSR count). The highest BCUT2D eigenvalue weighted by molar-refractivity contribution is 7.14. The normalized spacial score (nSPS) is 10.3. The van der Waals surface area contributed by atoms with Crippen molar-refractivity contribution in [2.75, 3.05) is 7.05 Å². The second kappa shape index (κ2) is 5.94. The maximum absolute atomic E-state index is 11.4. The lowest BCUT2D eigenvalue weighted by Gasteiger charge is -1.92. The molecule has 0 saturated heterocycles. The van der Waals surface area contributed by atoms with E-state index in [1.54, 1.807) is 25.4 Å². The maximum atomic E-state index is 11.4. The molecule has 0 unspecified atom stereocenters. The molecule has 2 aromatic rings. The predicted molar refractivity (Wildman–Crippen MR) is 75.6 cm³/mol. The molecule has 1 aromatic carbocycles. The zero-order chi connectivity index (χ0) is 13.7. The van der Waals surface area contributed by atoms with Gasteiger partial charge in [0.15, 0.2) is 0 Å². The minimum Gasteiger partial charge on any atom is -0.354 e. The number of nitrogens with zero attached hydrogens (tertiary/aromatic N) is 2. The first-order chi connectivity index (χ1) is 9.22. The van der Waals surface area contributed by atoms with E-state index in [1.807, 2.05) is 24.3 Å². The van der Waals surface area contributed by atoms with Gasteiger partial charge in [0, 0.05) is 7.05 Å². The summed E-state index contributed by atoms with van der Waals surface area (Å²) in [5.74, 6) is -0.129. The van der Waals surface area contributed by atoms with E-state index in [4.69, 9.17) is 5.26 Å². The Labute approximate surface area is 115 Å². The summed E-state index contributed by atoms with van der Waals surface area (Å²) < 4.78 is 0. The molecule has 0 aliphatic rings. The zero-order valence-electron chi connectivity index (χ0n) is 10.3. The van der Waals surface area contributed by atoms with Crippen LogP contribution in [0.2, 0.25) is 0 Å². The van der Waals surface area contributed by atoms with E-state index in [0.29, 0.717) is 10.4 Å². The Kier molecular flexibility index (Phi) is 4.06. The molecule has 0 fully saturated rings. The van der Waals surface area contributed by atoms with Gasteiger partial charge in [0.2, 0.25) is 0 Å². The smallest absolute Gasteiger partial charge is 0.262 e. The summed E-state index contributed by atoms with van der Waals surface area (Å²) in [6.07, 6.45) is 5.30. The van der Waals surface area contributed by atoms with Gasteiger partial charge in [-0.25, -0.2) is 4.98 Å². The lowest BCUT2D eigenvalue weighted by molar-refractivity contribution is 0.0967. The number of amides is 1.